The number of aliphatic imine (C=N–C) groups is 1. The summed E-state index contributed by atoms with van der Waals surface area (Å²) in [5, 5.41) is 0.637. The average Bonchev–Trinajstić information content (AvgIpc) is 1.96. The number of halogens is 3. The van der Waals surface area contributed by atoms with E-state index in [4.69, 9.17) is 17.3 Å². The van der Waals surface area contributed by atoms with E-state index in [1.165, 1.54) is 0 Å². The van der Waals surface area contributed by atoms with E-state index in [1.807, 2.05) is 12.1 Å². The number of hydrogen-bond donors (Lipinski definition) is 1. The third kappa shape index (κ3) is 3.98. The van der Waals surface area contributed by atoms with Gasteiger partial charge in [0.1, 0.15) is 0 Å². The second-order valence-electron chi connectivity index (χ2n) is 2.35. The van der Waals surface area contributed by atoms with Gasteiger partial charge in [-0.2, -0.15) is 0 Å². The molecule has 0 aliphatic rings. The topological polar surface area (TPSA) is 38.4 Å². The molecule has 0 saturated heterocycles. The van der Waals surface area contributed by atoms with Crippen LogP contribution in [-0.2, 0) is 0 Å². The number of hydrogen-bond acceptors (Lipinski definition) is 1. The summed E-state index contributed by atoms with van der Waals surface area (Å²) >= 11 is 9.12. The molecule has 13 heavy (non-hydrogen) atoms. The first-order chi connectivity index (χ1) is 5.59. The lowest BCUT2D eigenvalue weighted by Gasteiger charge is -1.97. The van der Waals surface area contributed by atoms with Gasteiger partial charge < -0.3 is 5.73 Å². The molecule has 0 heterocycles. The molecule has 1 aromatic rings. The highest BCUT2D eigenvalue weighted by Gasteiger charge is 1.96. The van der Waals surface area contributed by atoms with Gasteiger partial charge in [-0.3, -0.25) is 0 Å². The summed E-state index contributed by atoms with van der Waals surface area (Å²) in [5.41, 5.74) is 6.17. The summed E-state index contributed by atoms with van der Waals surface area (Å²) in [4.78, 5) is 4.05. The van der Waals surface area contributed by atoms with E-state index in [2.05, 4.69) is 20.9 Å². The lowest BCUT2D eigenvalue weighted by atomic mass is 10.3. The Hall–Kier alpha value is -0.250. The summed E-state index contributed by atoms with van der Waals surface area (Å²) in [7, 11) is 0. The lowest BCUT2D eigenvalue weighted by Crippen LogP contribution is -2.03. The fraction of sp³-hybridized carbons (Fsp3) is 0.125. The number of amidine groups is 1. The van der Waals surface area contributed by atoms with Gasteiger partial charge in [0, 0.05) is 4.47 Å². The van der Waals surface area contributed by atoms with Gasteiger partial charge in [0.2, 0.25) is 0 Å². The van der Waals surface area contributed by atoms with Crippen molar-refractivity contribution in [2.75, 3.05) is 0 Å². The molecule has 2 N–H and O–H groups in total. The number of benzene rings is 1. The molecule has 0 aromatic heterocycles. The highest BCUT2D eigenvalue weighted by molar-refractivity contribution is 9.10. The van der Waals surface area contributed by atoms with Gasteiger partial charge in [-0.05, 0) is 41.1 Å². The van der Waals surface area contributed by atoms with Crippen LogP contribution in [0.4, 0.5) is 5.69 Å². The van der Waals surface area contributed by atoms with Crippen LogP contribution in [0.2, 0.25) is 5.02 Å². The van der Waals surface area contributed by atoms with Crippen molar-refractivity contribution in [1.29, 1.82) is 0 Å². The van der Waals surface area contributed by atoms with E-state index in [0.717, 1.165) is 10.2 Å². The SMILES string of the molecule is CC(N)=Nc1ccc(Br)c(Cl)c1.Cl. The Kier molecular flexibility index (Phi) is 5.37. The molecule has 0 aliphatic heterocycles. The van der Waals surface area contributed by atoms with Crippen LogP contribution in [0.3, 0.4) is 0 Å². The molecular formula is C8H9BrCl2N2. The van der Waals surface area contributed by atoms with Gasteiger partial charge in [-0.1, -0.05) is 11.6 Å². The van der Waals surface area contributed by atoms with E-state index in [0.29, 0.717) is 10.9 Å². The van der Waals surface area contributed by atoms with Crippen LogP contribution in [0, 0.1) is 0 Å². The summed E-state index contributed by atoms with van der Waals surface area (Å²) in [6, 6.07) is 5.43. The molecule has 0 spiro atoms. The van der Waals surface area contributed by atoms with Crippen LogP contribution in [-0.4, -0.2) is 5.84 Å². The maximum atomic E-state index is 5.84. The van der Waals surface area contributed by atoms with Crippen molar-refractivity contribution in [1.82, 2.24) is 0 Å². The molecular weight excluding hydrogens is 275 g/mol. The Balaban J connectivity index is 0.00000144. The van der Waals surface area contributed by atoms with Crippen molar-refractivity contribution in [3.8, 4) is 0 Å². The van der Waals surface area contributed by atoms with Gasteiger partial charge in [0.05, 0.1) is 16.5 Å². The van der Waals surface area contributed by atoms with Crippen LogP contribution in [0.25, 0.3) is 0 Å². The van der Waals surface area contributed by atoms with Crippen LogP contribution >= 0.6 is 39.9 Å². The van der Waals surface area contributed by atoms with E-state index in [-0.39, 0.29) is 12.4 Å². The quantitative estimate of drug-likeness (QED) is 0.621. The third-order valence-electron chi connectivity index (χ3n) is 1.21. The number of rotatable bonds is 1. The van der Waals surface area contributed by atoms with Gasteiger partial charge in [-0.25, -0.2) is 4.99 Å². The molecule has 0 fully saturated rings. The normalized spacial score (nSPS) is 10.8. The third-order valence-corrected chi connectivity index (χ3v) is 2.44. The predicted octanol–water partition coefficient (Wildman–Crippen LogP) is 3.53. The summed E-state index contributed by atoms with van der Waals surface area (Å²) in [5.74, 6) is 0.522. The fourth-order valence-corrected chi connectivity index (χ4v) is 1.18. The van der Waals surface area contributed by atoms with E-state index in [9.17, 15) is 0 Å². The summed E-state index contributed by atoms with van der Waals surface area (Å²) < 4.78 is 0.859. The standard InChI is InChI=1S/C8H8BrClN2.ClH/c1-5(11)12-6-2-3-7(9)8(10)4-6;/h2-4H,1H3,(H2,11,12);1H. The summed E-state index contributed by atoms with van der Waals surface area (Å²) in [6.07, 6.45) is 0. The van der Waals surface area contributed by atoms with Crippen molar-refractivity contribution in [3.05, 3.63) is 27.7 Å². The first kappa shape index (κ1) is 12.8. The molecule has 2 nitrogen and oxygen atoms in total. The molecule has 0 saturated carbocycles. The second-order valence-corrected chi connectivity index (χ2v) is 3.61. The van der Waals surface area contributed by atoms with Crippen LogP contribution < -0.4 is 5.73 Å². The highest BCUT2D eigenvalue weighted by Crippen LogP contribution is 2.26. The molecule has 0 bridgehead atoms. The monoisotopic (exact) mass is 282 g/mol. The molecule has 0 unspecified atom stereocenters. The van der Waals surface area contributed by atoms with Crippen molar-refractivity contribution in [3.63, 3.8) is 0 Å². The zero-order chi connectivity index (χ0) is 9.14. The predicted molar refractivity (Wildman–Crippen MR) is 63.4 cm³/mol. The molecule has 1 rings (SSSR count). The zero-order valence-corrected chi connectivity index (χ0v) is 10.1. The summed E-state index contributed by atoms with van der Waals surface area (Å²) in [6.45, 7) is 1.73. The molecule has 0 aliphatic carbocycles. The van der Waals surface area contributed by atoms with Crippen LogP contribution in [0.15, 0.2) is 27.7 Å². The van der Waals surface area contributed by atoms with Crippen LogP contribution in [0.5, 0.6) is 0 Å². The molecule has 72 valence electrons. The number of nitrogens with zero attached hydrogens (tertiary/aromatic N) is 1. The van der Waals surface area contributed by atoms with E-state index < -0.39 is 0 Å². The molecule has 0 amide bonds. The van der Waals surface area contributed by atoms with Crippen molar-refractivity contribution < 1.29 is 0 Å². The molecule has 1 aromatic carbocycles. The molecule has 0 atom stereocenters. The van der Waals surface area contributed by atoms with Crippen molar-refractivity contribution in [2.24, 2.45) is 10.7 Å². The Bertz CT molecular complexity index is 322. The largest absolute Gasteiger partial charge is 0.387 e. The zero-order valence-electron chi connectivity index (χ0n) is 6.92. The maximum Gasteiger partial charge on any atom is 0.0964 e. The Morgan fingerprint density at radius 2 is 2.15 bits per heavy atom. The lowest BCUT2D eigenvalue weighted by molar-refractivity contribution is 1.44. The second kappa shape index (κ2) is 5.47. The van der Waals surface area contributed by atoms with Crippen LogP contribution in [0.1, 0.15) is 6.92 Å². The Morgan fingerprint density at radius 3 is 2.62 bits per heavy atom. The van der Waals surface area contributed by atoms with Crippen molar-refractivity contribution >= 4 is 51.5 Å². The van der Waals surface area contributed by atoms with Gasteiger partial charge in [0.15, 0.2) is 0 Å². The number of nitrogens with two attached hydrogens (primary N) is 1. The van der Waals surface area contributed by atoms with Crippen molar-refractivity contribution in [2.45, 2.75) is 6.92 Å². The maximum absolute atomic E-state index is 5.84. The van der Waals surface area contributed by atoms with Gasteiger partial charge >= 0.3 is 0 Å². The van der Waals surface area contributed by atoms with Gasteiger partial charge in [-0.15, -0.1) is 12.4 Å². The minimum absolute atomic E-state index is 0. The molecule has 0 radical (unpaired) electrons. The van der Waals surface area contributed by atoms with Gasteiger partial charge in [0.25, 0.3) is 0 Å². The first-order valence-corrected chi connectivity index (χ1v) is 4.52. The average molecular weight is 284 g/mol. The minimum Gasteiger partial charge on any atom is -0.387 e. The molecule has 5 heteroatoms. The first-order valence-electron chi connectivity index (χ1n) is 3.35. The minimum atomic E-state index is 0. The smallest absolute Gasteiger partial charge is 0.0964 e. The Morgan fingerprint density at radius 1 is 1.54 bits per heavy atom. The Labute approximate surface area is 96.7 Å². The fourth-order valence-electron chi connectivity index (χ4n) is 0.758. The highest BCUT2D eigenvalue weighted by atomic mass is 79.9. The van der Waals surface area contributed by atoms with E-state index in [1.54, 1.807) is 13.0 Å². The van der Waals surface area contributed by atoms with E-state index >= 15 is 0 Å².